The summed E-state index contributed by atoms with van der Waals surface area (Å²) in [5, 5.41) is 2.59. The second-order valence-corrected chi connectivity index (χ2v) is 6.21. The van der Waals surface area contributed by atoms with Gasteiger partial charge in [0.05, 0.1) is 6.33 Å². The molecule has 2 fully saturated rings. The number of likely N-dealkylation sites (N-methyl/N-ethyl adjacent to an activating group) is 1. The molecule has 1 amide bonds. The van der Waals surface area contributed by atoms with Gasteiger partial charge < -0.3 is 25.3 Å². The molecular formula is C14H18N6O4. The van der Waals surface area contributed by atoms with Gasteiger partial charge in [0.15, 0.2) is 29.6 Å². The van der Waals surface area contributed by atoms with E-state index in [0.29, 0.717) is 11.2 Å². The average Bonchev–Trinajstić information content (AvgIpc) is 3.18. The van der Waals surface area contributed by atoms with E-state index >= 15 is 0 Å². The summed E-state index contributed by atoms with van der Waals surface area (Å²) >= 11 is 0. The molecular weight excluding hydrogens is 316 g/mol. The summed E-state index contributed by atoms with van der Waals surface area (Å²) in [6.45, 7) is 3.60. The minimum atomic E-state index is -0.811. The van der Waals surface area contributed by atoms with Crippen molar-refractivity contribution in [1.82, 2.24) is 24.8 Å². The van der Waals surface area contributed by atoms with Gasteiger partial charge in [0.2, 0.25) is 0 Å². The van der Waals surface area contributed by atoms with Gasteiger partial charge in [0.1, 0.15) is 24.1 Å². The zero-order chi connectivity index (χ0) is 17.1. The normalized spacial score (nSPS) is 31.3. The number of anilines is 1. The number of nitrogens with two attached hydrogens (primary N) is 1. The predicted molar refractivity (Wildman–Crippen MR) is 81.5 cm³/mol. The van der Waals surface area contributed by atoms with Crippen molar-refractivity contribution in [2.45, 2.75) is 44.2 Å². The highest BCUT2D eigenvalue weighted by Crippen LogP contribution is 2.43. The molecule has 0 aliphatic carbocycles. The summed E-state index contributed by atoms with van der Waals surface area (Å²) in [6, 6.07) is 0. The molecule has 2 aliphatic rings. The Morgan fingerprint density at radius 2 is 2.04 bits per heavy atom. The van der Waals surface area contributed by atoms with E-state index in [1.165, 1.54) is 6.33 Å². The third-order valence-electron chi connectivity index (χ3n) is 4.20. The molecule has 24 heavy (non-hydrogen) atoms. The van der Waals surface area contributed by atoms with Crippen LogP contribution in [0.1, 0.15) is 20.1 Å². The summed E-state index contributed by atoms with van der Waals surface area (Å²) in [7, 11) is 1.55. The minimum Gasteiger partial charge on any atom is -0.382 e. The van der Waals surface area contributed by atoms with Crippen LogP contribution in [0.2, 0.25) is 0 Å². The third kappa shape index (κ3) is 2.14. The SMILES string of the molecule is CNC(=O)C1OC(n2cnc3c(N)ncnc32)C2OC(C)(C)OC12. The number of amides is 1. The fourth-order valence-electron chi connectivity index (χ4n) is 3.21. The van der Waals surface area contributed by atoms with Crippen LogP contribution < -0.4 is 11.1 Å². The maximum atomic E-state index is 12.2. The summed E-state index contributed by atoms with van der Waals surface area (Å²) in [4.78, 5) is 24.5. The van der Waals surface area contributed by atoms with E-state index in [2.05, 4.69) is 20.3 Å². The summed E-state index contributed by atoms with van der Waals surface area (Å²) in [6.07, 6.45) is 0.506. The van der Waals surface area contributed by atoms with Crippen LogP contribution in [0.25, 0.3) is 11.2 Å². The summed E-state index contributed by atoms with van der Waals surface area (Å²) in [5.41, 5.74) is 6.81. The molecule has 4 atom stereocenters. The van der Waals surface area contributed by atoms with Gasteiger partial charge in [0, 0.05) is 7.05 Å². The Balaban J connectivity index is 1.77. The van der Waals surface area contributed by atoms with E-state index < -0.39 is 30.3 Å². The molecule has 10 heteroatoms. The van der Waals surface area contributed by atoms with Crippen molar-refractivity contribution in [2.75, 3.05) is 12.8 Å². The summed E-state index contributed by atoms with van der Waals surface area (Å²) in [5.74, 6) is -0.805. The van der Waals surface area contributed by atoms with Gasteiger partial charge in [0.25, 0.3) is 5.91 Å². The highest BCUT2D eigenvalue weighted by atomic mass is 16.8. The minimum absolute atomic E-state index is 0.271. The lowest BCUT2D eigenvalue weighted by molar-refractivity contribution is -0.197. The molecule has 2 aromatic heterocycles. The number of nitrogens with one attached hydrogen (secondary N) is 1. The number of ether oxygens (including phenoxy) is 3. The Morgan fingerprint density at radius 1 is 1.29 bits per heavy atom. The first-order valence-electron chi connectivity index (χ1n) is 7.57. The Morgan fingerprint density at radius 3 is 2.79 bits per heavy atom. The number of carbonyl (C=O) groups is 1. The number of nitrogens with zero attached hydrogens (tertiary/aromatic N) is 4. The molecule has 128 valence electrons. The van der Waals surface area contributed by atoms with Crippen LogP contribution in [0, 0.1) is 0 Å². The molecule has 0 spiro atoms. The van der Waals surface area contributed by atoms with Crippen LogP contribution in [0.4, 0.5) is 5.82 Å². The molecule has 0 saturated carbocycles. The second-order valence-electron chi connectivity index (χ2n) is 6.21. The van der Waals surface area contributed by atoms with Crippen molar-refractivity contribution >= 4 is 22.9 Å². The molecule has 4 unspecified atom stereocenters. The molecule has 0 bridgehead atoms. The number of hydrogen-bond donors (Lipinski definition) is 2. The molecule has 4 rings (SSSR count). The van der Waals surface area contributed by atoms with E-state index in [4.69, 9.17) is 19.9 Å². The molecule has 3 N–H and O–H groups in total. The number of rotatable bonds is 2. The number of carbonyl (C=O) groups excluding carboxylic acids is 1. The first-order chi connectivity index (χ1) is 11.4. The number of fused-ring (bicyclic) bond motifs is 2. The van der Waals surface area contributed by atoms with Crippen LogP contribution in [0.15, 0.2) is 12.7 Å². The maximum Gasteiger partial charge on any atom is 0.251 e. The summed E-state index contributed by atoms with van der Waals surface area (Å²) < 4.78 is 19.5. The molecule has 2 aromatic rings. The van der Waals surface area contributed by atoms with Crippen LogP contribution in [0.5, 0.6) is 0 Å². The van der Waals surface area contributed by atoms with Crippen LogP contribution in [0.3, 0.4) is 0 Å². The zero-order valence-electron chi connectivity index (χ0n) is 13.5. The van der Waals surface area contributed by atoms with E-state index in [1.54, 1.807) is 31.8 Å². The lowest BCUT2D eigenvalue weighted by Gasteiger charge is -2.24. The molecule has 10 nitrogen and oxygen atoms in total. The zero-order valence-corrected chi connectivity index (χ0v) is 13.5. The van der Waals surface area contributed by atoms with E-state index in [0.717, 1.165) is 0 Å². The lowest BCUT2D eigenvalue weighted by atomic mass is 10.1. The molecule has 2 saturated heterocycles. The topological polar surface area (TPSA) is 126 Å². The van der Waals surface area contributed by atoms with Crippen molar-refractivity contribution in [2.24, 2.45) is 0 Å². The first kappa shape index (κ1) is 15.2. The Hall–Kier alpha value is -2.30. The smallest absolute Gasteiger partial charge is 0.251 e. The van der Waals surface area contributed by atoms with Crippen molar-refractivity contribution < 1.29 is 19.0 Å². The van der Waals surface area contributed by atoms with Gasteiger partial charge in [-0.2, -0.15) is 0 Å². The molecule has 0 radical (unpaired) electrons. The van der Waals surface area contributed by atoms with Crippen molar-refractivity contribution in [3.05, 3.63) is 12.7 Å². The highest BCUT2D eigenvalue weighted by molar-refractivity contribution is 5.82. The molecule has 4 heterocycles. The highest BCUT2D eigenvalue weighted by Gasteiger charge is 2.58. The van der Waals surface area contributed by atoms with E-state index in [9.17, 15) is 4.79 Å². The van der Waals surface area contributed by atoms with Gasteiger partial charge in [-0.25, -0.2) is 15.0 Å². The third-order valence-corrected chi connectivity index (χ3v) is 4.20. The number of imidazole rings is 1. The standard InChI is InChI=1S/C14H18N6O4/c1-14(2)23-7-8(12(21)16-3)22-13(9(7)24-14)20-5-19-6-10(15)17-4-18-11(6)20/h4-5,7-9,13H,1-3H3,(H,16,21)(H2,15,17,18). The van der Waals surface area contributed by atoms with Gasteiger partial charge in [-0.1, -0.05) is 0 Å². The van der Waals surface area contributed by atoms with Crippen molar-refractivity contribution in [3.63, 3.8) is 0 Å². The predicted octanol–water partition coefficient (Wildman–Crippen LogP) is -0.428. The van der Waals surface area contributed by atoms with E-state index in [1.807, 2.05) is 0 Å². The fraction of sp³-hybridized carbons (Fsp3) is 0.571. The van der Waals surface area contributed by atoms with Gasteiger partial charge in [-0.15, -0.1) is 0 Å². The van der Waals surface area contributed by atoms with E-state index in [-0.39, 0.29) is 11.7 Å². The second kappa shape index (κ2) is 5.10. The molecule has 2 aliphatic heterocycles. The van der Waals surface area contributed by atoms with Crippen LogP contribution in [-0.4, -0.2) is 56.6 Å². The van der Waals surface area contributed by atoms with Crippen molar-refractivity contribution in [3.8, 4) is 0 Å². The number of nitrogen functional groups attached to an aromatic ring is 1. The van der Waals surface area contributed by atoms with Crippen LogP contribution >= 0.6 is 0 Å². The monoisotopic (exact) mass is 334 g/mol. The fourth-order valence-corrected chi connectivity index (χ4v) is 3.21. The lowest BCUT2D eigenvalue weighted by Crippen LogP contribution is -2.41. The van der Waals surface area contributed by atoms with Crippen LogP contribution in [-0.2, 0) is 19.0 Å². The number of aromatic nitrogens is 4. The quantitative estimate of drug-likeness (QED) is 0.758. The van der Waals surface area contributed by atoms with Gasteiger partial charge >= 0.3 is 0 Å². The average molecular weight is 334 g/mol. The van der Waals surface area contributed by atoms with Crippen molar-refractivity contribution in [1.29, 1.82) is 0 Å². The first-order valence-corrected chi connectivity index (χ1v) is 7.57. The Kier molecular flexibility index (Phi) is 3.24. The Bertz CT molecular complexity index is 806. The largest absolute Gasteiger partial charge is 0.382 e. The maximum absolute atomic E-state index is 12.2. The van der Waals surface area contributed by atoms with Gasteiger partial charge in [-0.05, 0) is 13.8 Å². The molecule has 0 aromatic carbocycles. The Labute approximate surface area is 137 Å². The number of hydrogen-bond acceptors (Lipinski definition) is 8. The van der Waals surface area contributed by atoms with Gasteiger partial charge in [-0.3, -0.25) is 9.36 Å².